The summed E-state index contributed by atoms with van der Waals surface area (Å²) in [5, 5.41) is -3.60. The van der Waals surface area contributed by atoms with E-state index in [0.29, 0.717) is 37.5 Å². The highest BCUT2D eigenvalue weighted by Crippen LogP contribution is 2.44. The van der Waals surface area contributed by atoms with Crippen molar-refractivity contribution in [2.24, 2.45) is 5.92 Å². The van der Waals surface area contributed by atoms with Crippen LogP contribution in [0.15, 0.2) is 44.9 Å². The fourth-order valence-corrected chi connectivity index (χ4v) is 7.36. The number of urea groups is 1. The van der Waals surface area contributed by atoms with Crippen molar-refractivity contribution in [2.75, 3.05) is 31.6 Å². The second-order valence-corrected chi connectivity index (χ2v) is 13.5. The maximum atomic E-state index is 16.0. The van der Waals surface area contributed by atoms with Crippen molar-refractivity contribution in [3.8, 4) is 5.75 Å². The molecule has 1 saturated heterocycles. The lowest BCUT2D eigenvalue weighted by Crippen LogP contribution is -2.50. The normalized spacial score (nSPS) is 16.8. The van der Waals surface area contributed by atoms with Gasteiger partial charge < -0.3 is 19.5 Å². The molecule has 3 heterocycles. The lowest BCUT2D eigenvalue weighted by Gasteiger charge is -2.36. The maximum absolute atomic E-state index is 16.0. The van der Waals surface area contributed by atoms with E-state index in [9.17, 15) is 23.2 Å². The number of benzene rings is 2. The smallest absolute Gasteiger partial charge is 0.362 e. The standard InChI is InChI=1S/C30H26Cl3F3N4O4S/c1-44-25-20(40-9-3-8-38(29(40)43)12-15-6-7-15)10-16-13-39(14-17(16)24(25)34)28(42)23-21(11-22(30(33,35)36)37-27(23)41)45-26-18(31)4-2-5-19(26)32/h2,4-5,10-11,15H,3,6-9,12-14H2,1H3,(H,37,41). The Morgan fingerprint density at radius 2 is 1.84 bits per heavy atom. The van der Waals surface area contributed by atoms with Crippen LogP contribution in [0.5, 0.6) is 5.75 Å². The van der Waals surface area contributed by atoms with Gasteiger partial charge in [0.05, 0.1) is 22.8 Å². The van der Waals surface area contributed by atoms with Crippen LogP contribution in [0.4, 0.5) is 23.7 Å². The Morgan fingerprint density at radius 1 is 1.13 bits per heavy atom. The summed E-state index contributed by atoms with van der Waals surface area (Å²) in [6.07, 6.45) is 2.85. The number of carbonyl (C=O) groups excluding carboxylic acids is 2. The van der Waals surface area contributed by atoms with E-state index in [0.717, 1.165) is 30.7 Å². The molecule has 3 amide bonds. The number of H-pyrrole nitrogens is 1. The van der Waals surface area contributed by atoms with E-state index in [1.165, 1.54) is 29.0 Å². The van der Waals surface area contributed by atoms with E-state index in [4.69, 9.17) is 39.5 Å². The van der Waals surface area contributed by atoms with Gasteiger partial charge in [-0.2, -0.15) is 8.78 Å². The summed E-state index contributed by atoms with van der Waals surface area (Å²) in [7, 11) is 1.31. The lowest BCUT2D eigenvalue weighted by molar-refractivity contribution is 0.0739. The number of nitrogens with one attached hydrogen (secondary N) is 1. The average molecular weight is 702 g/mol. The molecule has 1 saturated carbocycles. The van der Waals surface area contributed by atoms with Gasteiger partial charge in [0, 0.05) is 48.1 Å². The lowest BCUT2D eigenvalue weighted by atomic mass is 10.1. The second kappa shape index (κ2) is 12.3. The first-order chi connectivity index (χ1) is 21.4. The molecule has 1 aromatic heterocycles. The molecule has 8 nitrogen and oxygen atoms in total. The van der Waals surface area contributed by atoms with Crippen LogP contribution in [0.3, 0.4) is 0 Å². The first kappa shape index (κ1) is 31.9. The molecule has 6 rings (SSSR count). The van der Waals surface area contributed by atoms with Crippen LogP contribution in [0.25, 0.3) is 0 Å². The van der Waals surface area contributed by atoms with Crippen molar-refractivity contribution in [3.63, 3.8) is 0 Å². The van der Waals surface area contributed by atoms with Gasteiger partial charge in [0.25, 0.3) is 11.5 Å². The summed E-state index contributed by atoms with van der Waals surface area (Å²) in [6.45, 7) is 1.29. The van der Waals surface area contributed by atoms with Gasteiger partial charge in [-0.3, -0.25) is 14.5 Å². The third-order valence-electron chi connectivity index (χ3n) is 8.02. The van der Waals surface area contributed by atoms with Crippen molar-refractivity contribution in [1.82, 2.24) is 14.8 Å². The topological polar surface area (TPSA) is 85.9 Å². The molecule has 15 heteroatoms. The molecule has 238 valence electrons. The molecule has 2 aromatic carbocycles. The third kappa shape index (κ3) is 6.22. The monoisotopic (exact) mass is 700 g/mol. The van der Waals surface area contributed by atoms with E-state index < -0.39 is 33.9 Å². The summed E-state index contributed by atoms with van der Waals surface area (Å²) in [5.41, 5.74) is -1.68. The van der Waals surface area contributed by atoms with Gasteiger partial charge in [-0.25, -0.2) is 9.18 Å². The molecule has 3 aliphatic rings. The SMILES string of the molecule is COc1c(N2CCCN(CC3CC3)C2=O)cc2c(c1F)CN(C(=O)c1c(Sc3c(Cl)cccc3Cl)cc(C(F)(F)Cl)[nH]c1=O)C2. The molecule has 0 radical (unpaired) electrons. The number of amides is 3. The molecule has 1 N–H and O–H groups in total. The number of methoxy groups -OCH3 is 1. The predicted molar refractivity (Wildman–Crippen MR) is 166 cm³/mol. The number of ether oxygens (including phenoxy) is 1. The number of halogens is 6. The van der Waals surface area contributed by atoms with Gasteiger partial charge in [0.1, 0.15) is 11.3 Å². The van der Waals surface area contributed by atoms with Crippen molar-refractivity contribution in [1.29, 1.82) is 0 Å². The van der Waals surface area contributed by atoms with Gasteiger partial charge in [0.2, 0.25) is 0 Å². The van der Waals surface area contributed by atoms with Gasteiger partial charge in [-0.1, -0.05) is 41.0 Å². The highest BCUT2D eigenvalue weighted by Gasteiger charge is 2.38. The first-order valence-corrected chi connectivity index (χ1v) is 16.0. The summed E-state index contributed by atoms with van der Waals surface area (Å²) in [6, 6.07) is 6.90. The number of alkyl halides is 3. The van der Waals surface area contributed by atoms with E-state index >= 15 is 4.39 Å². The highest BCUT2D eigenvalue weighted by molar-refractivity contribution is 7.99. The summed E-state index contributed by atoms with van der Waals surface area (Å²) in [4.78, 5) is 47.0. The molecule has 2 fully saturated rings. The van der Waals surface area contributed by atoms with Crippen LogP contribution < -0.4 is 15.2 Å². The van der Waals surface area contributed by atoms with Crippen molar-refractivity contribution >= 4 is 64.2 Å². The minimum absolute atomic E-state index is 0.111. The van der Waals surface area contributed by atoms with E-state index in [1.807, 2.05) is 4.98 Å². The largest absolute Gasteiger partial charge is 0.492 e. The van der Waals surface area contributed by atoms with E-state index in [-0.39, 0.29) is 56.0 Å². The molecule has 45 heavy (non-hydrogen) atoms. The van der Waals surface area contributed by atoms with Crippen LogP contribution in [0.1, 0.15) is 46.4 Å². The number of carbonyl (C=O) groups is 2. The summed E-state index contributed by atoms with van der Waals surface area (Å²) in [5.74, 6) is -1.21. The zero-order valence-corrected chi connectivity index (χ0v) is 26.9. The zero-order valence-electron chi connectivity index (χ0n) is 23.8. The van der Waals surface area contributed by atoms with E-state index in [1.54, 1.807) is 17.0 Å². The average Bonchev–Trinajstić information content (AvgIpc) is 3.70. The predicted octanol–water partition coefficient (Wildman–Crippen LogP) is 7.47. The molecule has 0 spiro atoms. The van der Waals surface area contributed by atoms with Crippen molar-refractivity contribution in [2.45, 2.75) is 47.5 Å². The van der Waals surface area contributed by atoms with Crippen molar-refractivity contribution < 1.29 is 27.5 Å². The number of pyridine rings is 1. The Morgan fingerprint density at radius 3 is 2.49 bits per heavy atom. The second-order valence-electron chi connectivity index (χ2n) is 11.1. The minimum atomic E-state index is -3.94. The molecule has 3 aromatic rings. The molecular formula is C30H26Cl3F3N4O4S. The number of fused-ring (bicyclic) bond motifs is 1. The third-order valence-corrected chi connectivity index (χ3v) is 10.3. The fourth-order valence-electron chi connectivity index (χ4n) is 5.62. The molecular weight excluding hydrogens is 676 g/mol. The summed E-state index contributed by atoms with van der Waals surface area (Å²) >= 11 is 18.6. The Bertz CT molecular complexity index is 1750. The van der Waals surface area contributed by atoms with Gasteiger partial charge in [0.15, 0.2) is 11.6 Å². The fraction of sp³-hybridized carbons (Fsp3) is 0.367. The number of aromatic amines is 1. The zero-order chi connectivity index (χ0) is 32.2. The van der Waals surface area contributed by atoms with E-state index in [2.05, 4.69) is 0 Å². The molecule has 0 bridgehead atoms. The van der Waals surface area contributed by atoms with Crippen LogP contribution in [-0.4, -0.2) is 53.5 Å². The number of hydrogen-bond donors (Lipinski definition) is 1. The van der Waals surface area contributed by atoms with Gasteiger partial charge in [-0.15, -0.1) is 0 Å². The van der Waals surface area contributed by atoms with Crippen LogP contribution >= 0.6 is 46.6 Å². The van der Waals surface area contributed by atoms with Crippen LogP contribution in [-0.2, 0) is 18.5 Å². The number of hydrogen-bond acceptors (Lipinski definition) is 5. The minimum Gasteiger partial charge on any atom is -0.492 e. The number of nitrogens with zero attached hydrogens (tertiary/aromatic N) is 3. The number of anilines is 1. The maximum Gasteiger partial charge on any atom is 0.362 e. The Hall–Kier alpha value is -3.06. The number of rotatable bonds is 8. The first-order valence-electron chi connectivity index (χ1n) is 14.1. The molecule has 0 unspecified atom stereocenters. The van der Waals surface area contributed by atoms with Gasteiger partial charge in [-0.05, 0) is 66.6 Å². The van der Waals surface area contributed by atoms with Crippen molar-refractivity contribution in [3.05, 3.63) is 78.9 Å². The molecule has 0 atom stereocenters. The molecule has 2 aliphatic heterocycles. The number of aromatic nitrogens is 1. The highest BCUT2D eigenvalue weighted by atomic mass is 35.5. The summed E-state index contributed by atoms with van der Waals surface area (Å²) < 4.78 is 49.6. The Labute approximate surface area is 275 Å². The quantitative estimate of drug-likeness (QED) is 0.247. The Kier molecular flexibility index (Phi) is 8.70. The molecule has 1 aliphatic carbocycles. The van der Waals surface area contributed by atoms with Crippen LogP contribution in [0.2, 0.25) is 10.0 Å². The van der Waals surface area contributed by atoms with Gasteiger partial charge >= 0.3 is 11.4 Å². The van der Waals surface area contributed by atoms with Crippen LogP contribution in [0, 0.1) is 11.7 Å². The Balaban J connectivity index is 1.35.